The van der Waals surface area contributed by atoms with Crippen LogP contribution >= 0.6 is 11.6 Å². The van der Waals surface area contributed by atoms with Crippen molar-refractivity contribution in [2.75, 3.05) is 12.4 Å². The van der Waals surface area contributed by atoms with Crippen LogP contribution in [0.1, 0.15) is 69.7 Å². The number of carbonyl (C=O) groups is 3. The number of ether oxygens (including phenoxy) is 1. The van der Waals surface area contributed by atoms with Gasteiger partial charge >= 0.3 is 5.97 Å². The number of pyridine rings is 1. The van der Waals surface area contributed by atoms with E-state index in [-0.39, 0.29) is 33.6 Å². The highest BCUT2D eigenvalue weighted by molar-refractivity contribution is 6.34. The highest BCUT2D eigenvalue weighted by Crippen LogP contribution is 2.30. The first kappa shape index (κ1) is 23.3. The van der Waals surface area contributed by atoms with Crippen LogP contribution in [0.25, 0.3) is 0 Å². The van der Waals surface area contributed by atoms with Crippen molar-refractivity contribution in [3.05, 3.63) is 57.4 Å². The number of methoxy groups -OCH3 is 1. The molecule has 0 spiro atoms. The number of benzene rings is 1. The fraction of sp³-hybridized carbons (Fsp3) is 0.364. The Morgan fingerprint density at radius 2 is 1.83 bits per heavy atom. The van der Waals surface area contributed by atoms with Gasteiger partial charge in [0.2, 0.25) is 0 Å². The summed E-state index contributed by atoms with van der Waals surface area (Å²) in [7, 11) is 1.24. The van der Waals surface area contributed by atoms with Gasteiger partial charge < -0.3 is 15.4 Å². The zero-order valence-electron chi connectivity index (χ0n) is 17.8. The van der Waals surface area contributed by atoms with Crippen molar-refractivity contribution in [2.45, 2.75) is 46.6 Å². The van der Waals surface area contributed by atoms with Crippen molar-refractivity contribution in [3.63, 3.8) is 0 Å². The molecule has 1 atom stereocenters. The molecule has 0 aliphatic rings. The van der Waals surface area contributed by atoms with Crippen molar-refractivity contribution in [3.8, 4) is 0 Å². The van der Waals surface area contributed by atoms with Crippen LogP contribution in [0.2, 0.25) is 5.02 Å². The fourth-order valence-electron chi connectivity index (χ4n) is 2.85. The van der Waals surface area contributed by atoms with E-state index < -0.39 is 17.8 Å². The molecule has 0 radical (unpaired) electrons. The Bertz CT molecular complexity index is 975. The first-order valence-corrected chi connectivity index (χ1v) is 10.1. The Morgan fingerprint density at radius 1 is 1.13 bits per heavy atom. The largest absolute Gasteiger partial charge is 0.465 e. The number of nitrogens with one attached hydrogen (secondary N) is 2. The van der Waals surface area contributed by atoms with E-state index in [1.54, 1.807) is 25.1 Å². The number of esters is 1. The normalized spacial score (nSPS) is 11.5. The average molecular weight is 432 g/mol. The maximum absolute atomic E-state index is 13.1. The minimum atomic E-state index is -0.664. The van der Waals surface area contributed by atoms with Crippen molar-refractivity contribution in [1.29, 1.82) is 0 Å². The monoisotopic (exact) mass is 431 g/mol. The lowest BCUT2D eigenvalue weighted by Gasteiger charge is -2.17. The van der Waals surface area contributed by atoms with E-state index in [2.05, 4.69) is 15.6 Å². The van der Waals surface area contributed by atoms with Gasteiger partial charge in [-0.1, -0.05) is 31.5 Å². The highest BCUT2D eigenvalue weighted by atomic mass is 35.5. The number of anilines is 1. The first-order valence-electron chi connectivity index (χ1n) is 9.72. The van der Waals surface area contributed by atoms with Crippen LogP contribution in [0.15, 0.2) is 24.3 Å². The molecule has 2 N–H and O–H groups in total. The number of aromatic nitrogens is 1. The maximum Gasteiger partial charge on any atom is 0.341 e. The molecule has 0 bridgehead atoms. The van der Waals surface area contributed by atoms with E-state index in [1.165, 1.54) is 13.2 Å². The number of carbonyl (C=O) groups excluding carboxylic acids is 3. The molecule has 1 aromatic heterocycles. The van der Waals surface area contributed by atoms with Crippen molar-refractivity contribution in [2.24, 2.45) is 0 Å². The van der Waals surface area contributed by atoms with Gasteiger partial charge in [0.15, 0.2) is 0 Å². The Balaban J connectivity index is 2.50. The van der Waals surface area contributed by atoms with Crippen LogP contribution in [0.5, 0.6) is 0 Å². The summed E-state index contributed by atoms with van der Waals surface area (Å²) in [6, 6.07) is 6.43. The summed E-state index contributed by atoms with van der Waals surface area (Å²) in [5, 5.41) is 5.72. The Kier molecular flexibility index (Phi) is 7.94. The van der Waals surface area contributed by atoms with E-state index in [1.807, 2.05) is 20.8 Å². The van der Waals surface area contributed by atoms with Gasteiger partial charge in [0.25, 0.3) is 11.8 Å². The SMILES string of the molecule is CCc1ccc(Cl)c(C(=O)OC)c1NC(=O)c1ccc(C)nc1C(=O)NC(C)CC. The van der Waals surface area contributed by atoms with Gasteiger partial charge in [0.05, 0.1) is 23.4 Å². The molecule has 1 aromatic carbocycles. The topological polar surface area (TPSA) is 97.4 Å². The Hall–Kier alpha value is -2.93. The van der Waals surface area contributed by atoms with Gasteiger partial charge in [0.1, 0.15) is 11.3 Å². The van der Waals surface area contributed by atoms with Gasteiger partial charge in [-0.2, -0.15) is 0 Å². The van der Waals surface area contributed by atoms with Crippen molar-refractivity contribution < 1.29 is 19.1 Å². The molecule has 8 heteroatoms. The third-order valence-corrected chi connectivity index (χ3v) is 5.05. The van der Waals surface area contributed by atoms with E-state index in [0.29, 0.717) is 17.7 Å². The summed E-state index contributed by atoms with van der Waals surface area (Å²) in [5.41, 5.74) is 1.76. The highest BCUT2D eigenvalue weighted by Gasteiger charge is 2.24. The van der Waals surface area contributed by atoms with Crippen molar-refractivity contribution >= 4 is 35.1 Å². The number of hydrogen-bond acceptors (Lipinski definition) is 5. The lowest BCUT2D eigenvalue weighted by Crippen LogP contribution is -2.34. The summed E-state index contributed by atoms with van der Waals surface area (Å²) >= 11 is 6.21. The summed E-state index contributed by atoms with van der Waals surface area (Å²) in [4.78, 5) is 42.4. The Morgan fingerprint density at radius 3 is 2.43 bits per heavy atom. The minimum Gasteiger partial charge on any atom is -0.465 e. The van der Waals surface area contributed by atoms with E-state index in [4.69, 9.17) is 16.3 Å². The molecule has 2 rings (SSSR count). The molecule has 0 saturated carbocycles. The minimum absolute atomic E-state index is 0.0208. The molecular formula is C22H26ClN3O4. The third kappa shape index (κ3) is 5.16. The first-order chi connectivity index (χ1) is 14.2. The van der Waals surface area contributed by atoms with Crippen LogP contribution in [-0.4, -0.2) is 35.9 Å². The van der Waals surface area contributed by atoms with E-state index in [0.717, 1.165) is 6.42 Å². The molecule has 0 saturated heterocycles. The predicted molar refractivity (Wildman–Crippen MR) is 116 cm³/mol. The smallest absolute Gasteiger partial charge is 0.341 e. The quantitative estimate of drug-likeness (QED) is 0.641. The van der Waals surface area contributed by atoms with Gasteiger partial charge in [-0.05, 0) is 50.5 Å². The number of nitrogens with zero attached hydrogens (tertiary/aromatic N) is 1. The molecule has 0 aliphatic heterocycles. The molecule has 7 nitrogen and oxygen atoms in total. The molecular weight excluding hydrogens is 406 g/mol. The molecule has 2 amide bonds. The van der Waals surface area contributed by atoms with E-state index in [9.17, 15) is 14.4 Å². The maximum atomic E-state index is 13.1. The number of halogens is 1. The fourth-order valence-corrected chi connectivity index (χ4v) is 3.08. The van der Waals surface area contributed by atoms with E-state index >= 15 is 0 Å². The van der Waals surface area contributed by atoms with Crippen LogP contribution in [0.4, 0.5) is 5.69 Å². The molecule has 30 heavy (non-hydrogen) atoms. The van der Waals surface area contributed by atoms with Crippen LogP contribution in [0, 0.1) is 6.92 Å². The summed E-state index contributed by atoms with van der Waals surface area (Å²) in [6.07, 6.45) is 1.29. The third-order valence-electron chi connectivity index (χ3n) is 4.73. The molecule has 160 valence electrons. The van der Waals surface area contributed by atoms with Gasteiger partial charge in [-0.25, -0.2) is 9.78 Å². The Labute approximate surface area is 181 Å². The predicted octanol–water partition coefficient (Wildman–Crippen LogP) is 4.17. The summed E-state index contributed by atoms with van der Waals surface area (Å²) in [5.74, 6) is -1.67. The molecule has 2 aromatic rings. The second-order valence-corrected chi connectivity index (χ2v) is 7.29. The lowest BCUT2D eigenvalue weighted by molar-refractivity contribution is 0.0602. The van der Waals surface area contributed by atoms with Crippen molar-refractivity contribution in [1.82, 2.24) is 10.3 Å². The van der Waals surface area contributed by atoms with Crippen LogP contribution in [-0.2, 0) is 11.2 Å². The van der Waals surface area contributed by atoms with Gasteiger partial charge in [0, 0.05) is 11.7 Å². The van der Waals surface area contributed by atoms with Crippen LogP contribution in [0.3, 0.4) is 0 Å². The number of rotatable bonds is 7. The molecule has 0 aliphatic carbocycles. The number of amides is 2. The summed E-state index contributed by atoms with van der Waals surface area (Å²) in [6.45, 7) is 7.44. The zero-order chi connectivity index (χ0) is 22.4. The molecule has 0 fully saturated rings. The lowest BCUT2D eigenvalue weighted by atomic mass is 10.0. The standard InChI is InChI=1S/C22H26ClN3O4/c1-6-12(3)25-21(28)19-15(10-8-13(4)24-19)20(27)26-18-14(7-2)9-11-16(23)17(18)22(29)30-5/h8-12H,6-7H2,1-5H3,(H,25,28)(H,26,27). The molecule has 1 unspecified atom stereocenters. The average Bonchev–Trinajstić information content (AvgIpc) is 2.73. The second kappa shape index (κ2) is 10.2. The zero-order valence-corrected chi connectivity index (χ0v) is 18.5. The second-order valence-electron chi connectivity index (χ2n) is 6.89. The number of aryl methyl sites for hydroxylation is 2. The van der Waals surface area contributed by atoms with Gasteiger partial charge in [-0.15, -0.1) is 0 Å². The van der Waals surface area contributed by atoms with Gasteiger partial charge in [-0.3, -0.25) is 9.59 Å². The van der Waals surface area contributed by atoms with Crippen LogP contribution < -0.4 is 10.6 Å². The molecule has 1 heterocycles. The summed E-state index contributed by atoms with van der Waals surface area (Å²) < 4.78 is 4.83. The number of hydrogen-bond donors (Lipinski definition) is 2.